The number of hydrogen-bond donors (Lipinski definition) is 1. The molecule has 114 valence electrons. The summed E-state index contributed by atoms with van der Waals surface area (Å²) in [7, 11) is 0. The highest BCUT2D eigenvalue weighted by Crippen LogP contribution is 2.30. The predicted molar refractivity (Wildman–Crippen MR) is 85.4 cm³/mol. The van der Waals surface area contributed by atoms with E-state index in [1.807, 2.05) is 0 Å². The molecule has 2 rings (SSSR count). The van der Waals surface area contributed by atoms with Crippen molar-refractivity contribution in [1.82, 2.24) is 10.2 Å². The van der Waals surface area contributed by atoms with Gasteiger partial charge in [-0.05, 0) is 24.6 Å². The summed E-state index contributed by atoms with van der Waals surface area (Å²) in [5, 5.41) is 3.96. The van der Waals surface area contributed by atoms with E-state index in [0.29, 0.717) is 5.02 Å². The molecule has 2 nitrogen and oxygen atoms in total. The van der Waals surface area contributed by atoms with Gasteiger partial charge < -0.3 is 5.32 Å². The highest BCUT2D eigenvalue weighted by Gasteiger charge is 2.24. The minimum Gasteiger partial charge on any atom is -0.314 e. The van der Waals surface area contributed by atoms with Crippen LogP contribution in [-0.2, 0) is 0 Å². The quantitative estimate of drug-likeness (QED) is 0.880. The molecule has 0 saturated carbocycles. The minimum atomic E-state index is -0.135. The van der Waals surface area contributed by atoms with Crippen LogP contribution in [0.4, 0.5) is 4.39 Å². The molecule has 20 heavy (non-hydrogen) atoms. The standard InChI is InChI=1S/C15H22ClFN2.ClH/c1-2-3-4-15(19-9-7-18-8-10-19)13-11-12(16)5-6-14(13)17;/h5-6,11,15,18H,2-4,7-10H2,1H3;1H/t15-;/m1./s1. The van der Waals surface area contributed by atoms with E-state index in [1.54, 1.807) is 12.1 Å². The van der Waals surface area contributed by atoms with Crippen LogP contribution in [0.2, 0.25) is 5.02 Å². The SMILES string of the molecule is CCCC[C@H](c1cc(Cl)ccc1F)N1CCNCC1.Cl. The lowest BCUT2D eigenvalue weighted by molar-refractivity contribution is 0.160. The summed E-state index contributed by atoms with van der Waals surface area (Å²) in [5.41, 5.74) is 0.753. The average Bonchev–Trinajstić information content (AvgIpc) is 2.44. The van der Waals surface area contributed by atoms with Crippen LogP contribution >= 0.6 is 24.0 Å². The number of nitrogens with one attached hydrogen (secondary N) is 1. The Balaban J connectivity index is 0.00000200. The molecule has 0 amide bonds. The first-order chi connectivity index (χ1) is 9.22. The maximum absolute atomic E-state index is 14.1. The largest absolute Gasteiger partial charge is 0.314 e. The molecule has 1 aliphatic rings. The Morgan fingerprint density at radius 1 is 1.35 bits per heavy atom. The predicted octanol–water partition coefficient (Wildman–Crippen LogP) is 4.04. The zero-order chi connectivity index (χ0) is 13.7. The van der Waals surface area contributed by atoms with Crippen LogP contribution in [0.1, 0.15) is 37.8 Å². The third-order valence-corrected chi connectivity index (χ3v) is 3.98. The Morgan fingerprint density at radius 3 is 2.70 bits per heavy atom. The van der Waals surface area contributed by atoms with Gasteiger partial charge in [0.25, 0.3) is 0 Å². The lowest BCUT2D eigenvalue weighted by Crippen LogP contribution is -2.45. The maximum Gasteiger partial charge on any atom is 0.128 e. The van der Waals surface area contributed by atoms with Gasteiger partial charge in [0.15, 0.2) is 0 Å². The van der Waals surface area contributed by atoms with Crippen molar-refractivity contribution in [3.63, 3.8) is 0 Å². The monoisotopic (exact) mass is 320 g/mol. The summed E-state index contributed by atoms with van der Waals surface area (Å²) in [4.78, 5) is 2.38. The van der Waals surface area contributed by atoms with Gasteiger partial charge in [-0.3, -0.25) is 4.90 Å². The van der Waals surface area contributed by atoms with E-state index in [2.05, 4.69) is 17.1 Å². The smallest absolute Gasteiger partial charge is 0.128 e. The molecule has 1 N–H and O–H groups in total. The fourth-order valence-electron chi connectivity index (χ4n) is 2.70. The van der Waals surface area contributed by atoms with Crippen molar-refractivity contribution in [2.24, 2.45) is 0 Å². The van der Waals surface area contributed by atoms with E-state index in [9.17, 15) is 4.39 Å². The van der Waals surface area contributed by atoms with Crippen molar-refractivity contribution in [3.05, 3.63) is 34.6 Å². The molecule has 5 heteroatoms. The molecular formula is C15H23Cl2FN2. The topological polar surface area (TPSA) is 15.3 Å². The summed E-state index contributed by atoms with van der Waals surface area (Å²) < 4.78 is 14.1. The molecular weight excluding hydrogens is 298 g/mol. The molecule has 1 aliphatic heterocycles. The molecule has 1 atom stereocenters. The van der Waals surface area contributed by atoms with Gasteiger partial charge >= 0.3 is 0 Å². The van der Waals surface area contributed by atoms with Gasteiger partial charge in [0.2, 0.25) is 0 Å². The number of benzene rings is 1. The van der Waals surface area contributed by atoms with Crippen molar-refractivity contribution in [1.29, 1.82) is 0 Å². The van der Waals surface area contributed by atoms with Crippen LogP contribution in [-0.4, -0.2) is 31.1 Å². The number of nitrogens with zero attached hydrogens (tertiary/aromatic N) is 1. The fraction of sp³-hybridized carbons (Fsp3) is 0.600. The third kappa shape index (κ3) is 4.59. The van der Waals surface area contributed by atoms with E-state index in [-0.39, 0.29) is 24.3 Å². The van der Waals surface area contributed by atoms with Crippen molar-refractivity contribution in [2.75, 3.05) is 26.2 Å². The molecule has 1 aromatic carbocycles. The molecule has 1 heterocycles. The summed E-state index contributed by atoms with van der Waals surface area (Å²) in [6.07, 6.45) is 3.24. The second-order valence-electron chi connectivity index (χ2n) is 5.11. The molecule has 1 aromatic rings. The van der Waals surface area contributed by atoms with Gasteiger partial charge in [-0.25, -0.2) is 4.39 Å². The number of rotatable bonds is 5. The second-order valence-corrected chi connectivity index (χ2v) is 5.55. The Labute approximate surface area is 132 Å². The number of unbranched alkanes of at least 4 members (excludes halogenated alkanes) is 1. The number of halogens is 3. The van der Waals surface area contributed by atoms with Crippen LogP contribution in [0.5, 0.6) is 0 Å². The fourth-order valence-corrected chi connectivity index (χ4v) is 2.88. The van der Waals surface area contributed by atoms with Crippen LogP contribution in [0.3, 0.4) is 0 Å². The van der Waals surface area contributed by atoms with Crippen molar-refractivity contribution in [3.8, 4) is 0 Å². The van der Waals surface area contributed by atoms with Gasteiger partial charge in [0.1, 0.15) is 5.82 Å². The summed E-state index contributed by atoms with van der Waals surface area (Å²) in [5.74, 6) is -0.135. The van der Waals surface area contributed by atoms with Gasteiger partial charge in [-0.1, -0.05) is 31.4 Å². The lowest BCUT2D eigenvalue weighted by atomic mass is 9.98. The molecule has 1 saturated heterocycles. The highest BCUT2D eigenvalue weighted by molar-refractivity contribution is 6.30. The zero-order valence-corrected chi connectivity index (χ0v) is 13.4. The molecule has 0 radical (unpaired) electrons. The van der Waals surface area contributed by atoms with Gasteiger partial charge in [-0.2, -0.15) is 0 Å². The number of hydrogen-bond acceptors (Lipinski definition) is 2. The van der Waals surface area contributed by atoms with E-state index < -0.39 is 0 Å². The van der Waals surface area contributed by atoms with Crippen LogP contribution in [0.15, 0.2) is 18.2 Å². The van der Waals surface area contributed by atoms with Crippen molar-refractivity contribution in [2.45, 2.75) is 32.2 Å². The first kappa shape index (κ1) is 17.7. The minimum absolute atomic E-state index is 0. The zero-order valence-electron chi connectivity index (χ0n) is 11.9. The van der Waals surface area contributed by atoms with E-state index in [4.69, 9.17) is 11.6 Å². The highest BCUT2D eigenvalue weighted by atomic mass is 35.5. The normalized spacial score (nSPS) is 17.6. The molecule has 0 aromatic heterocycles. The first-order valence-electron chi connectivity index (χ1n) is 7.12. The van der Waals surface area contributed by atoms with Crippen molar-refractivity contribution < 1.29 is 4.39 Å². The Morgan fingerprint density at radius 2 is 2.05 bits per heavy atom. The first-order valence-corrected chi connectivity index (χ1v) is 7.50. The van der Waals surface area contributed by atoms with Crippen LogP contribution in [0, 0.1) is 5.82 Å². The molecule has 0 unspecified atom stereocenters. The van der Waals surface area contributed by atoms with E-state index in [0.717, 1.165) is 51.0 Å². The molecule has 0 spiro atoms. The average molecular weight is 321 g/mol. The second kappa shape index (κ2) is 8.83. The lowest BCUT2D eigenvalue weighted by Gasteiger charge is -2.35. The van der Waals surface area contributed by atoms with Gasteiger partial charge in [0, 0.05) is 42.8 Å². The number of piperazine rings is 1. The molecule has 0 aliphatic carbocycles. The van der Waals surface area contributed by atoms with E-state index in [1.165, 1.54) is 6.07 Å². The maximum atomic E-state index is 14.1. The molecule has 1 fully saturated rings. The van der Waals surface area contributed by atoms with Crippen LogP contribution in [0.25, 0.3) is 0 Å². The Bertz CT molecular complexity index is 409. The van der Waals surface area contributed by atoms with E-state index >= 15 is 0 Å². The summed E-state index contributed by atoms with van der Waals surface area (Å²) in [6.45, 7) is 6.07. The summed E-state index contributed by atoms with van der Waals surface area (Å²) >= 11 is 6.04. The van der Waals surface area contributed by atoms with Crippen LogP contribution < -0.4 is 5.32 Å². The molecule has 0 bridgehead atoms. The summed E-state index contributed by atoms with van der Waals surface area (Å²) in [6, 6.07) is 5.05. The van der Waals surface area contributed by atoms with Crippen molar-refractivity contribution >= 4 is 24.0 Å². The Hall–Kier alpha value is -0.350. The van der Waals surface area contributed by atoms with Gasteiger partial charge in [0.05, 0.1) is 0 Å². The third-order valence-electron chi connectivity index (χ3n) is 3.74. The Kier molecular flexibility index (Phi) is 7.82. The van der Waals surface area contributed by atoms with Gasteiger partial charge in [-0.15, -0.1) is 12.4 Å².